The number of rotatable bonds is 3. The van der Waals surface area contributed by atoms with Crippen molar-refractivity contribution < 1.29 is 0 Å². The van der Waals surface area contributed by atoms with E-state index in [-0.39, 0.29) is 0 Å². The minimum atomic E-state index is 0.809. The van der Waals surface area contributed by atoms with Crippen LogP contribution in [0.4, 0.5) is 0 Å². The monoisotopic (exact) mass is 256 g/mol. The van der Waals surface area contributed by atoms with E-state index in [9.17, 15) is 0 Å². The van der Waals surface area contributed by atoms with E-state index in [2.05, 4.69) is 33.9 Å². The van der Waals surface area contributed by atoms with Crippen LogP contribution in [-0.2, 0) is 13.0 Å². The van der Waals surface area contributed by atoms with Gasteiger partial charge >= 0.3 is 0 Å². The molecule has 0 aliphatic heterocycles. The molecule has 0 fully saturated rings. The van der Waals surface area contributed by atoms with Gasteiger partial charge in [-0.05, 0) is 30.3 Å². The molecule has 3 aromatic rings. The van der Waals surface area contributed by atoms with Crippen LogP contribution in [0.1, 0.15) is 5.69 Å². The zero-order valence-electron chi connectivity index (χ0n) is 9.88. The summed E-state index contributed by atoms with van der Waals surface area (Å²) < 4.78 is 2.22. The lowest BCUT2D eigenvalue weighted by Gasteiger charge is -2.05. The third-order valence-electron chi connectivity index (χ3n) is 3.10. The van der Waals surface area contributed by atoms with Crippen LogP contribution in [0.25, 0.3) is 10.9 Å². The first-order valence-corrected chi connectivity index (χ1v) is 6.36. The van der Waals surface area contributed by atoms with Crippen LogP contribution >= 0.6 is 11.6 Å². The summed E-state index contributed by atoms with van der Waals surface area (Å²) in [5, 5.41) is 1.92. The summed E-state index contributed by atoms with van der Waals surface area (Å²) in [6.07, 6.45) is 4.84. The van der Waals surface area contributed by atoms with Gasteiger partial charge in [-0.25, -0.2) is 0 Å². The largest absolute Gasteiger partial charge is 0.347 e. The van der Waals surface area contributed by atoms with Crippen molar-refractivity contribution in [2.75, 3.05) is 0 Å². The predicted octanol–water partition coefficient (Wildman–Crippen LogP) is 3.93. The maximum absolute atomic E-state index is 6.16. The second-order valence-corrected chi connectivity index (χ2v) is 4.66. The third-order valence-corrected chi connectivity index (χ3v) is 3.43. The SMILES string of the molecule is Clc1cccc2c1ccn2CCc1ccccn1. The number of hydrogen-bond acceptors (Lipinski definition) is 1. The number of nitrogens with zero attached hydrogens (tertiary/aromatic N) is 2. The van der Waals surface area contributed by atoms with Gasteiger partial charge in [-0.15, -0.1) is 0 Å². The lowest BCUT2D eigenvalue weighted by atomic mass is 10.2. The number of pyridine rings is 1. The molecule has 2 heterocycles. The molecule has 1 aromatic carbocycles. The van der Waals surface area contributed by atoms with Gasteiger partial charge in [0.05, 0.1) is 0 Å². The van der Waals surface area contributed by atoms with E-state index in [0.29, 0.717) is 0 Å². The van der Waals surface area contributed by atoms with Crippen LogP contribution in [0.15, 0.2) is 54.9 Å². The van der Waals surface area contributed by atoms with Crippen LogP contribution < -0.4 is 0 Å². The Hall–Kier alpha value is -1.80. The van der Waals surface area contributed by atoms with Crippen LogP contribution in [0.5, 0.6) is 0 Å². The highest BCUT2D eigenvalue weighted by Gasteiger charge is 2.04. The topological polar surface area (TPSA) is 17.8 Å². The highest BCUT2D eigenvalue weighted by Crippen LogP contribution is 2.24. The van der Waals surface area contributed by atoms with E-state index < -0.39 is 0 Å². The Kier molecular flexibility index (Phi) is 3.03. The summed E-state index contributed by atoms with van der Waals surface area (Å²) in [5.74, 6) is 0. The van der Waals surface area contributed by atoms with Gasteiger partial charge in [0.1, 0.15) is 0 Å². The van der Waals surface area contributed by atoms with Crippen molar-refractivity contribution >= 4 is 22.5 Å². The summed E-state index contributed by atoms with van der Waals surface area (Å²) in [6, 6.07) is 14.1. The van der Waals surface area contributed by atoms with Gasteiger partial charge < -0.3 is 4.57 Å². The fourth-order valence-corrected chi connectivity index (χ4v) is 2.39. The number of aromatic nitrogens is 2. The standard InChI is InChI=1S/C15H13ClN2/c16-14-5-3-6-15-13(14)8-11-18(15)10-7-12-4-1-2-9-17-12/h1-6,8-9,11H,7,10H2. The van der Waals surface area contributed by atoms with E-state index in [1.807, 2.05) is 30.5 Å². The highest BCUT2D eigenvalue weighted by molar-refractivity contribution is 6.35. The predicted molar refractivity (Wildman–Crippen MR) is 74.9 cm³/mol. The summed E-state index contributed by atoms with van der Waals surface area (Å²) in [7, 11) is 0. The number of benzene rings is 1. The normalized spacial score (nSPS) is 10.9. The van der Waals surface area contributed by atoms with E-state index in [0.717, 1.165) is 29.1 Å². The molecule has 0 spiro atoms. The van der Waals surface area contributed by atoms with Crippen molar-refractivity contribution in [3.63, 3.8) is 0 Å². The minimum Gasteiger partial charge on any atom is -0.347 e. The molecule has 0 aliphatic rings. The zero-order valence-corrected chi connectivity index (χ0v) is 10.6. The second-order valence-electron chi connectivity index (χ2n) is 4.25. The molecule has 0 saturated carbocycles. The maximum atomic E-state index is 6.16. The van der Waals surface area contributed by atoms with Crippen LogP contribution in [0, 0.1) is 0 Å². The molecule has 0 N–H and O–H groups in total. The fourth-order valence-electron chi connectivity index (χ4n) is 2.16. The Morgan fingerprint density at radius 1 is 1.06 bits per heavy atom. The Morgan fingerprint density at radius 2 is 2.00 bits per heavy atom. The smallest absolute Gasteiger partial charge is 0.0499 e. The molecule has 0 radical (unpaired) electrons. The molecular formula is C15H13ClN2. The van der Waals surface area contributed by atoms with Gasteiger partial charge in [0.15, 0.2) is 0 Å². The highest BCUT2D eigenvalue weighted by atomic mass is 35.5. The maximum Gasteiger partial charge on any atom is 0.0499 e. The molecule has 0 amide bonds. The molecule has 90 valence electrons. The van der Waals surface area contributed by atoms with Gasteiger partial charge in [-0.3, -0.25) is 4.98 Å². The Labute approximate surface area is 111 Å². The lowest BCUT2D eigenvalue weighted by Crippen LogP contribution is -2.00. The first-order valence-electron chi connectivity index (χ1n) is 5.98. The Bertz CT molecular complexity index is 659. The third kappa shape index (κ3) is 2.12. The minimum absolute atomic E-state index is 0.809. The first kappa shape index (κ1) is 11.3. The molecule has 0 aliphatic carbocycles. The summed E-state index contributed by atoms with van der Waals surface area (Å²) in [6.45, 7) is 0.918. The van der Waals surface area contributed by atoms with Crippen molar-refractivity contribution in [3.05, 3.63) is 65.6 Å². The molecule has 3 heteroatoms. The second kappa shape index (κ2) is 4.83. The average molecular weight is 257 g/mol. The Balaban J connectivity index is 1.85. The van der Waals surface area contributed by atoms with Gasteiger partial charge in [-0.1, -0.05) is 23.7 Å². The molecule has 18 heavy (non-hydrogen) atoms. The number of aryl methyl sites for hydroxylation is 2. The van der Waals surface area contributed by atoms with Crippen molar-refractivity contribution in [3.8, 4) is 0 Å². The molecular weight excluding hydrogens is 244 g/mol. The van der Waals surface area contributed by atoms with Gasteiger partial charge in [0, 0.05) is 47.0 Å². The van der Waals surface area contributed by atoms with Crippen LogP contribution in [-0.4, -0.2) is 9.55 Å². The van der Waals surface area contributed by atoms with E-state index in [4.69, 9.17) is 11.6 Å². The summed E-state index contributed by atoms with van der Waals surface area (Å²) in [4.78, 5) is 4.34. The quantitative estimate of drug-likeness (QED) is 0.694. The number of halogens is 1. The molecule has 0 bridgehead atoms. The molecule has 3 rings (SSSR count). The Morgan fingerprint density at radius 3 is 2.83 bits per heavy atom. The molecule has 2 nitrogen and oxygen atoms in total. The number of fused-ring (bicyclic) bond motifs is 1. The van der Waals surface area contributed by atoms with Crippen LogP contribution in [0.3, 0.4) is 0 Å². The molecule has 0 atom stereocenters. The van der Waals surface area contributed by atoms with Gasteiger partial charge in [0.2, 0.25) is 0 Å². The molecule has 2 aromatic heterocycles. The fraction of sp³-hybridized carbons (Fsp3) is 0.133. The molecule has 0 saturated heterocycles. The van der Waals surface area contributed by atoms with E-state index >= 15 is 0 Å². The zero-order chi connectivity index (χ0) is 12.4. The first-order chi connectivity index (χ1) is 8.84. The van der Waals surface area contributed by atoms with Crippen LogP contribution in [0.2, 0.25) is 5.02 Å². The average Bonchev–Trinajstić information content (AvgIpc) is 2.82. The molecule has 0 unspecified atom stereocenters. The van der Waals surface area contributed by atoms with Crippen molar-refractivity contribution in [2.24, 2.45) is 0 Å². The lowest BCUT2D eigenvalue weighted by molar-refractivity contribution is 0.710. The van der Waals surface area contributed by atoms with E-state index in [1.165, 1.54) is 5.52 Å². The van der Waals surface area contributed by atoms with Crippen molar-refractivity contribution in [1.82, 2.24) is 9.55 Å². The van der Waals surface area contributed by atoms with E-state index in [1.54, 1.807) is 0 Å². The van der Waals surface area contributed by atoms with Gasteiger partial charge in [0.25, 0.3) is 0 Å². The van der Waals surface area contributed by atoms with Crippen molar-refractivity contribution in [1.29, 1.82) is 0 Å². The van der Waals surface area contributed by atoms with Crippen molar-refractivity contribution in [2.45, 2.75) is 13.0 Å². The summed E-state index contributed by atoms with van der Waals surface area (Å²) >= 11 is 6.16. The number of hydrogen-bond donors (Lipinski definition) is 0. The summed E-state index contributed by atoms with van der Waals surface area (Å²) in [5.41, 5.74) is 2.29. The van der Waals surface area contributed by atoms with Gasteiger partial charge in [-0.2, -0.15) is 0 Å².